The average molecular weight is 440 g/mol. The second-order valence-corrected chi connectivity index (χ2v) is 11.6. The van der Waals surface area contributed by atoms with E-state index in [9.17, 15) is 16.8 Å². The molecule has 2 heterocycles. The van der Waals surface area contributed by atoms with Crippen LogP contribution in [0.2, 0.25) is 0 Å². The van der Waals surface area contributed by atoms with E-state index in [2.05, 4.69) is 4.98 Å². The maximum absolute atomic E-state index is 12.7. The van der Waals surface area contributed by atoms with Crippen LogP contribution in [0.3, 0.4) is 0 Å². The summed E-state index contributed by atoms with van der Waals surface area (Å²) in [7, 11) is -7.52. The molecule has 2 aromatic heterocycles. The molecule has 0 saturated heterocycles. The molecule has 140 valence electrons. The lowest BCUT2D eigenvalue weighted by Gasteiger charge is -2.09. The Kier molecular flexibility index (Phi) is 4.26. The first-order valence-electron chi connectivity index (χ1n) is 7.67. The van der Waals surface area contributed by atoms with E-state index in [1.165, 1.54) is 46.9 Å². The summed E-state index contributed by atoms with van der Waals surface area (Å²) >= 11 is 2.94. The molecule has 4 aromatic rings. The van der Waals surface area contributed by atoms with Gasteiger partial charge in [0.25, 0.3) is 0 Å². The zero-order valence-electron chi connectivity index (χ0n) is 14.2. The van der Waals surface area contributed by atoms with Crippen molar-refractivity contribution in [1.29, 1.82) is 0 Å². The maximum Gasteiger partial charge on any atom is 0.339 e. The molecule has 2 aromatic carbocycles. The normalized spacial score (nSPS) is 12.7. The summed E-state index contributed by atoms with van der Waals surface area (Å²) in [5, 5.41) is 3.42. The van der Waals surface area contributed by atoms with Crippen LogP contribution in [0.25, 0.3) is 20.3 Å². The standard InChI is InChI=1S/C17H13NO5S4/c1-10-18-16-15(25-10)9-14(13-7-8-24-17(13)16)23-27(21,22)12-5-3-11(4-6-12)26(2,19)20/h3-9H,1-2H3. The van der Waals surface area contributed by atoms with Gasteiger partial charge in [0.2, 0.25) is 0 Å². The number of hydrogen-bond acceptors (Lipinski definition) is 8. The van der Waals surface area contributed by atoms with Crippen LogP contribution < -0.4 is 4.18 Å². The van der Waals surface area contributed by atoms with E-state index < -0.39 is 20.0 Å². The number of rotatable bonds is 4. The minimum atomic E-state index is -4.11. The summed E-state index contributed by atoms with van der Waals surface area (Å²) in [4.78, 5) is 4.44. The fourth-order valence-corrected chi connectivity index (χ4v) is 6.08. The molecule has 0 aliphatic rings. The topological polar surface area (TPSA) is 90.4 Å². The highest BCUT2D eigenvalue weighted by atomic mass is 32.2. The van der Waals surface area contributed by atoms with Gasteiger partial charge in [0.15, 0.2) is 15.6 Å². The molecule has 6 nitrogen and oxygen atoms in total. The second kappa shape index (κ2) is 6.26. The van der Waals surface area contributed by atoms with E-state index >= 15 is 0 Å². The molecule has 0 unspecified atom stereocenters. The first-order valence-corrected chi connectivity index (χ1v) is 12.7. The van der Waals surface area contributed by atoms with Crippen molar-refractivity contribution < 1.29 is 21.0 Å². The van der Waals surface area contributed by atoms with Crippen LogP contribution in [-0.2, 0) is 20.0 Å². The largest absolute Gasteiger partial charge is 0.378 e. The minimum absolute atomic E-state index is 0.0447. The number of thiazole rings is 1. The number of hydrogen-bond donors (Lipinski definition) is 0. The van der Waals surface area contributed by atoms with E-state index in [1.807, 2.05) is 12.3 Å². The Morgan fingerprint density at radius 1 is 1.00 bits per heavy atom. The van der Waals surface area contributed by atoms with Gasteiger partial charge in [-0.25, -0.2) is 13.4 Å². The number of benzene rings is 2. The van der Waals surface area contributed by atoms with Crippen molar-refractivity contribution in [2.24, 2.45) is 0 Å². The number of nitrogens with zero attached hydrogens (tertiary/aromatic N) is 1. The zero-order valence-corrected chi connectivity index (χ0v) is 17.4. The van der Waals surface area contributed by atoms with Gasteiger partial charge in [0.05, 0.1) is 24.8 Å². The molecule has 27 heavy (non-hydrogen) atoms. The molecule has 0 radical (unpaired) electrons. The summed E-state index contributed by atoms with van der Waals surface area (Å²) in [6, 6.07) is 8.43. The van der Waals surface area contributed by atoms with Crippen LogP contribution in [0.15, 0.2) is 51.6 Å². The molecule has 0 fully saturated rings. The third-order valence-electron chi connectivity index (χ3n) is 3.91. The first-order chi connectivity index (χ1) is 12.6. The van der Waals surface area contributed by atoms with Gasteiger partial charge in [-0.3, -0.25) is 0 Å². The van der Waals surface area contributed by atoms with Crippen molar-refractivity contribution >= 4 is 62.9 Å². The smallest absolute Gasteiger partial charge is 0.339 e. The third-order valence-corrected chi connectivity index (χ3v) is 8.12. The molecule has 0 saturated carbocycles. The highest BCUT2D eigenvalue weighted by Gasteiger charge is 2.21. The highest BCUT2D eigenvalue weighted by Crippen LogP contribution is 2.39. The Balaban J connectivity index is 1.79. The monoisotopic (exact) mass is 439 g/mol. The van der Waals surface area contributed by atoms with Crippen LogP contribution >= 0.6 is 22.7 Å². The summed E-state index contributed by atoms with van der Waals surface area (Å²) < 4.78 is 55.6. The number of aryl methyl sites for hydroxylation is 1. The van der Waals surface area contributed by atoms with Crippen molar-refractivity contribution in [3.05, 3.63) is 46.8 Å². The van der Waals surface area contributed by atoms with Crippen LogP contribution in [0.5, 0.6) is 5.75 Å². The Bertz CT molecular complexity index is 1380. The summed E-state index contributed by atoms with van der Waals surface area (Å²) in [5.74, 6) is 0.231. The average Bonchev–Trinajstić information content (AvgIpc) is 3.20. The van der Waals surface area contributed by atoms with E-state index in [4.69, 9.17) is 4.18 Å². The molecule has 0 spiro atoms. The Labute approximate surface area is 164 Å². The zero-order chi connectivity index (χ0) is 19.4. The van der Waals surface area contributed by atoms with E-state index in [0.29, 0.717) is 5.39 Å². The van der Waals surface area contributed by atoms with Gasteiger partial charge in [0, 0.05) is 17.7 Å². The number of thiophene rings is 1. The van der Waals surface area contributed by atoms with Gasteiger partial charge >= 0.3 is 10.1 Å². The van der Waals surface area contributed by atoms with E-state index in [-0.39, 0.29) is 15.5 Å². The highest BCUT2D eigenvalue weighted by molar-refractivity contribution is 7.90. The molecular formula is C17H13NO5S4. The summed E-state index contributed by atoms with van der Waals surface area (Å²) in [6.45, 7) is 1.89. The van der Waals surface area contributed by atoms with Crippen LogP contribution in [0, 0.1) is 6.92 Å². The van der Waals surface area contributed by atoms with Crippen molar-refractivity contribution in [1.82, 2.24) is 4.98 Å². The van der Waals surface area contributed by atoms with Crippen molar-refractivity contribution in [2.75, 3.05) is 6.26 Å². The van der Waals surface area contributed by atoms with Crippen molar-refractivity contribution in [2.45, 2.75) is 16.7 Å². The number of sulfone groups is 1. The van der Waals surface area contributed by atoms with Gasteiger partial charge in [-0.2, -0.15) is 8.42 Å². The van der Waals surface area contributed by atoms with Gasteiger partial charge in [-0.1, -0.05) is 0 Å². The second-order valence-electron chi connectivity index (χ2n) is 5.90. The lowest BCUT2D eigenvalue weighted by molar-refractivity contribution is 0.489. The van der Waals surface area contributed by atoms with Gasteiger partial charge in [0.1, 0.15) is 4.90 Å². The first kappa shape index (κ1) is 18.4. The maximum atomic E-state index is 12.7. The van der Waals surface area contributed by atoms with Crippen LogP contribution in [0.4, 0.5) is 0 Å². The Hall–Kier alpha value is -2.01. The molecule has 10 heteroatoms. The number of aromatic nitrogens is 1. The lowest BCUT2D eigenvalue weighted by Crippen LogP contribution is -2.10. The van der Waals surface area contributed by atoms with Gasteiger partial charge < -0.3 is 4.18 Å². The summed E-state index contributed by atoms with van der Waals surface area (Å²) in [6.07, 6.45) is 1.06. The Morgan fingerprint density at radius 2 is 1.67 bits per heavy atom. The third kappa shape index (κ3) is 3.33. The molecule has 0 N–H and O–H groups in total. The predicted molar refractivity (Wildman–Crippen MR) is 107 cm³/mol. The minimum Gasteiger partial charge on any atom is -0.378 e. The van der Waals surface area contributed by atoms with Gasteiger partial charge in [-0.15, -0.1) is 22.7 Å². The fourth-order valence-electron chi connectivity index (χ4n) is 2.68. The molecule has 0 aliphatic carbocycles. The Morgan fingerprint density at radius 3 is 2.33 bits per heavy atom. The number of fused-ring (bicyclic) bond motifs is 3. The molecule has 4 rings (SSSR count). The van der Waals surface area contributed by atoms with Gasteiger partial charge in [-0.05, 0) is 42.6 Å². The molecular weight excluding hydrogens is 426 g/mol. The SMILES string of the molecule is Cc1nc2c(cc(OS(=O)(=O)c3ccc(S(C)(=O)=O)cc3)c3ccsc32)s1. The van der Waals surface area contributed by atoms with Crippen LogP contribution in [-0.4, -0.2) is 28.1 Å². The molecule has 0 bridgehead atoms. The van der Waals surface area contributed by atoms with Crippen molar-refractivity contribution in [3.8, 4) is 5.75 Å². The molecule has 0 aliphatic heterocycles. The van der Waals surface area contributed by atoms with E-state index in [0.717, 1.165) is 26.2 Å². The quantitative estimate of drug-likeness (QED) is 0.447. The fraction of sp³-hybridized carbons (Fsp3) is 0.118. The van der Waals surface area contributed by atoms with Crippen molar-refractivity contribution in [3.63, 3.8) is 0 Å². The summed E-state index contributed by atoms with van der Waals surface area (Å²) in [5.41, 5.74) is 0.838. The molecule has 0 atom stereocenters. The molecule has 0 amide bonds. The predicted octanol–water partition coefficient (Wildman–Crippen LogP) is 3.99. The van der Waals surface area contributed by atoms with E-state index in [1.54, 1.807) is 12.1 Å². The van der Waals surface area contributed by atoms with Crippen LogP contribution in [0.1, 0.15) is 5.01 Å². The lowest BCUT2D eigenvalue weighted by atomic mass is 10.2.